The van der Waals surface area contributed by atoms with Gasteiger partial charge in [-0.15, -0.1) is 0 Å². The highest BCUT2D eigenvalue weighted by Crippen LogP contribution is 2.23. The number of nitrogens with one attached hydrogen (secondary N) is 1. The zero-order valence-corrected chi connectivity index (χ0v) is 12.0. The summed E-state index contributed by atoms with van der Waals surface area (Å²) in [6.07, 6.45) is 0. The van der Waals surface area contributed by atoms with Crippen LogP contribution in [-0.2, 0) is 0 Å². The fourth-order valence-electron chi connectivity index (χ4n) is 1.66. The number of carbonyl (C=O) groups excluding carboxylic acids is 1. The lowest BCUT2D eigenvalue weighted by Gasteiger charge is -2.08. The molecule has 0 atom stereocenters. The Morgan fingerprint density at radius 3 is 2.43 bits per heavy atom. The first kappa shape index (κ1) is 15.0. The van der Waals surface area contributed by atoms with Gasteiger partial charge in [0, 0.05) is 10.2 Å². The number of hydrogen-bond acceptors (Lipinski definition) is 3. The zero-order valence-electron chi connectivity index (χ0n) is 10.4. The molecule has 5 nitrogen and oxygen atoms in total. The number of halogens is 2. The maximum Gasteiger partial charge on any atom is 0.338 e. The quantitative estimate of drug-likeness (QED) is 0.790. The fraction of sp³-hybridized carbons (Fsp3) is 0. The number of carbonyl (C=O) groups is 2. The predicted octanol–water partition coefficient (Wildman–Crippen LogP) is 3.24. The molecule has 1 amide bonds. The highest BCUT2D eigenvalue weighted by atomic mass is 79.9. The Kier molecular flexibility index (Phi) is 4.23. The molecule has 0 saturated heterocycles. The molecule has 108 valence electrons. The number of phenolic OH excluding ortho intramolecular Hbond substituents is 1. The summed E-state index contributed by atoms with van der Waals surface area (Å²) < 4.78 is 13.9. The van der Waals surface area contributed by atoms with E-state index in [1.807, 2.05) is 0 Å². The van der Waals surface area contributed by atoms with Crippen molar-refractivity contribution >= 4 is 33.5 Å². The van der Waals surface area contributed by atoms with Gasteiger partial charge in [-0.25, -0.2) is 9.18 Å². The molecule has 2 aromatic carbocycles. The Morgan fingerprint density at radius 2 is 1.81 bits per heavy atom. The second kappa shape index (κ2) is 5.92. The Balaban J connectivity index is 2.27. The first-order valence-electron chi connectivity index (χ1n) is 5.71. The average molecular weight is 354 g/mol. The summed E-state index contributed by atoms with van der Waals surface area (Å²) in [4.78, 5) is 22.8. The van der Waals surface area contributed by atoms with Crippen LogP contribution in [0.4, 0.5) is 10.1 Å². The molecule has 0 aliphatic rings. The van der Waals surface area contributed by atoms with Crippen LogP contribution < -0.4 is 5.32 Å². The standard InChI is InChI=1S/C14H9BrFNO4/c15-7-1-3-9(12(18)5-7)13(19)17-8-2-4-11(16)10(6-8)14(20)21/h1-6,18H,(H,17,19)(H,20,21). The molecular formula is C14H9BrFNO4. The maximum absolute atomic E-state index is 13.3. The third-order valence-corrected chi connectivity index (χ3v) is 3.15. The minimum Gasteiger partial charge on any atom is -0.507 e. The second-order valence-electron chi connectivity index (χ2n) is 4.12. The van der Waals surface area contributed by atoms with E-state index < -0.39 is 23.3 Å². The van der Waals surface area contributed by atoms with Crippen LogP contribution in [0.5, 0.6) is 5.75 Å². The molecule has 3 N–H and O–H groups in total. The lowest BCUT2D eigenvalue weighted by atomic mass is 10.1. The number of carboxylic acids is 1. The van der Waals surface area contributed by atoms with E-state index in [-0.39, 0.29) is 17.0 Å². The van der Waals surface area contributed by atoms with Crippen LogP contribution in [-0.4, -0.2) is 22.1 Å². The number of aromatic hydroxyl groups is 1. The van der Waals surface area contributed by atoms with E-state index in [0.717, 1.165) is 12.1 Å². The lowest BCUT2D eigenvalue weighted by molar-refractivity contribution is 0.0691. The van der Waals surface area contributed by atoms with Crippen LogP contribution in [0.25, 0.3) is 0 Å². The zero-order chi connectivity index (χ0) is 15.6. The highest BCUT2D eigenvalue weighted by Gasteiger charge is 2.15. The number of aromatic carboxylic acids is 1. The highest BCUT2D eigenvalue weighted by molar-refractivity contribution is 9.10. The SMILES string of the molecule is O=C(Nc1ccc(F)c(C(=O)O)c1)c1ccc(Br)cc1O. The smallest absolute Gasteiger partial charge is 0.338 e. The van der Waals surface area contributed by atoms with E-state index in [0.29, 0.717) is 4.47 Å². The second-order valence-corrected chi connectivity index (χ2v) is 5.03. The largest absolute Gasteiger partial charge is 0.507 e. The summed E-state index contributed by atoms with van der Waals surface area (Å²) in [6, 6.07) is 7.50. The van der Waals surface area contributed by atoms with Gasteiger partial charge < -0.3 is 15.5 Å². The van der Waals surface area contributed by atoms with Crippen LogP contribution in [0.1, 0.15) is 20.7 Å². The summed E-state index contributed by atoms with van der Waals surface area (Å²) in [5, 5.41) is 20.9. The molecule has 0 spiro atoms. The van der Waals surface area contributed by atoms with Gasteiger partial charge in [-0.2, -0.15) is 0 Å². The van der Waals surface area contributed by atoms with Crippen LogP contribution in [0, 0.1) is 5.82 Å². The molecule has 0 unspecified atom stereocenters. The van der Waals surface area contributed by atoms with Gasteiger partial charge in [0.2, 0.25) is 0 Å². The Hall–Kier alpha value is -2.41. The molecule has 0 radical (unpaired) electrons. The number of carboxylic acid groups (broad SMARTS) is 1. The topological polar surface area (TPSA) is 86.6 Å². The van der Waals surface area contributed by atoms with E-state index in [4.69, 9.17) is 5.11 Å². The van der Waals surface area contributed by atoms with Crippen molar-refractivity contribution in [1.29, 1.82) is 0 Å². The van der Waals surface area contributed by atoms with Crippen molar-refractivity contribution < 1.29 is 24.2 Å². The van der Waals surface area contributed by atoms with Crippen LogP contribution >= 0.6 is 15.9 Å². The van der Waals surface area contributed by atoms with Gasteiger partial charge in [-0.3, -0.25) is 4.79 Å². The fourth-order valence-corrected chi connectivity index (χ4v) is 2.01. The number of hydrogen-bond donors (Lipinski definition) is 3. The molecule has 0 heterocycles. The van der Waals surface area contributed by atoms with Gasteiger partial charge in [0.1, 0.15) is 11.6 Å². The first-order valence-corrected chi connectivity index (χ1v) is 6.50. The van der Waals surface area contributed by atoms with E-state index in [9.17, 15) is 19.1 Å². The number of phenols is 1. The minimum absolute atomic E-state index is 0.0133. The molecule has 7 heteroatoms. The summed E-state index contributed by atoms with van der Waals surface area (Å²) in [7, 11) is 0. The molecule has 21 heavy (non-hydrogen) atoms. The summed E-state index contributed by atoms with van der Waals surface area (Å²) in [6.45, 7) is 0. The molecule has 0 fully saturated rings. The monoisotopic (exact) mass is 353 g/mol. The Bertz CT molecular complexity index is 733. The van der Waals surface area contributed by atoms with Gasteiger partial charge >= 0.3 is 5.97 Å². The molecule has 0 bridgehead atoms. The van der Waals surface area contributed by atoms with E-state index in [1.54, 1.807) is 6.07 Å². The molecule has 0 aromatic heterocycles. The predicted molar refractivity (Wildman–Crippen MR) is 77.1 cm³/mol. The Morgan fingerprint density at radius 1 is 1.10 bits per heavy atom. The van der Waals surface area contributed by atoms with Gasteiger partial charge in [-0.1, -0.05) is 15.9 Å². The summed E-state index contributed by atoms with van der Waals surface area (Å²) in [5.41, 5.74) is -0.423. The molecular weight excluding hydrogens is 345 g/mol. The lowest BCUT2D eigenvalue weighted by Crippen LogP contribution is -2.13. The third-order valence-electron chi connectivity index (χ3n) is 2.66. The van der Waals surface area contributed by atoms with E-state index in [2.05, 4.69) is 21.2 Å². The van der Waals surface area contributed by atoms with Crippen molar-refractivity contribution in [3.63, 3.8) is 0 Å². The van der Waals surface area contributed by atoms with Crippen LogP contribution in [0.3, 0.4) is 0 Å². The number of amides is 1. The van der Waals surface area contributed by atoms with E-state index >= 15 is 0 Å². The minimum atomic E-state index is -1.44. The number of benzene rings is 2. The van der Waals surface area contributed by atoms with Gasteiger partial charge in [0.25, 0.3) is 5.91 Å². The van der Waals surface area contributed by atoms with Crippen molar-refractivity contribution in [3.05, 3.63) is 57.8 Å². The Labute approximate surface area is 127 Å². The first-order chi connectivity index (χ1) is 9.88. The van der Waals surface area contributed by atoms with Crippen molar-refractivity contribution in [2.75, 3.05) is 5.32 Å². The van der Waals surface area contributed by atoms with Crippen LogP contribution in [0.2, 0.25) is 0 Å². The number of rotatable bonds is 3. The van der Waals surface area contributed by atoms with E-state index in [1.165, 1.54) is 18.2 Å². The normalized spacial score (nSPS) is 10.2. The van der Waals surface area contributed by atoms with Crippen molar-refractivity contribution in [2.45, 2.75) is 0 Å². The molecule has 0 aliphatic carbocycles. The maximum atomic E-state index is 13.3. The third kappa shape index (κ3) is 3.38. The van der Waals surface area contributed by atoms with Gasteiger partial charge in [0.15, 0.2) is 0 Å². The molecule has 0 aliphatic heterocycles. The summed E-state index contributed by atoms with van der Waals surface area (Å²) in [5.74, 6) is -3.20. The van der Waals surface area contributed by atoms with Crippen molar-refractivity contribution in [3.8, 4) is 5.75 Å². The van der Waals surface area contributed by atoms with Gasteiger partial charge in [0.05, 0.1) is 11.1 Å². The molecule has 2 aromatic rings. The molecule has 2 rings (SSSR count). The molecule has 0 saturated carbocycles. The average Bonchev–Trinajstić information content (AvgIpc) is 2.40. The van der Waals surface area contributed by atoms with Crippen molar-refractivity contribution in [2.24, 2.45) is 0 Å². The van der Waals surface area contributed by atoms with Gasteiger partial charge in [-0.05, 0) is 36.4 Å². The van der Waals surface area contributed by atoms with Crippen LogP contribution in [0.15, 0.2) is 40.9 Å². The number of anilines is 1. The van der Waals surface area contributed by atoms with Crippen molar-refractivity contribution in [1.82, 2.24) is 0 Å². The summed E-state index contributed by atoms with van der Waals surface area (Å²) >= 11 is 3.15.